The second-order valence-corrected chi connectivity index (χ2v) is 4.73. The summed E-state index contributed by atoms with van der Waals surface area (Å²) in [6.07, 6.45) is 2.97. The van der Waals surface area contributed by atoms with E-state index in [2.05, 4.69) is 20.3 Å². The van der Waals surface area contributed by atoms with E-state index >= 15 is 0 Å². The topological polar surface area (TPSA) is 134 Å². The molecule has 128 valence electrons. The van der Waals surface area contributed by atoms with Crippen LogP contribution in [-0.2, 0) is 22.6 Å². The summed E-state index contributed by atoms with van der Waals surface area (Å²) < 4.78 is 7.43. The van der Waals surface area contributed by atoms with E-state index in [0.717, 1.165) is 0 Å². The van der Waals surface area contributed by atoms with Crippen molar-refractivity contribution in [2.45, 2.75) is 26.4 Å². The first-order valence-corrected chi connectivity index (χ1v) is 7.08. The molecule has 11 heteroatoms. The lowest BCUT2D eigenvalue weighted by molar-refractivity contribution is -0.389. The van der Waals surface area contributed by atoms with Crippen molar-refractivity contribution in [2.75, 3.05) is 12.4 Å². The number of aromatic nitrogens is 4. The summed E-state index contributed by atoms with van der Waals surface area (Å²) in [6.45, 7) is 2.52. The minimum absolute atomic E-state index is 0.0161. The minimum atomic E-state index is -0.653. The van der Waals surface area contributed by atoms with Crippen LogP contribution in [0.2, 0.25) is 0 Å². The summed E-state index contributed by atoms with van der Waals surface area (Å²) in [6, 6.07) is 1.25. The van der Waals surface area contributed by atoms with Crippen LogP contribution in [-0.4, -0.2) is 43.5 Å². The van der Waals surface area contributed by atoms with E-state index in [0.29, 0.717) is 6.54 Å². The molecule has 1 amide bonds. The number of nitrogens with zero attached hydrogens (tertiary/aromatic N) is 5. The lowest BCUT2D eigenvalue weighted by atomic mass is 10.3. The number of hydrogen-bond acceptors (Lipinski definition) is 7. The molecule has 24 heavy (non-hydrogen) atoms. The third-order valence-corrected chi connectivity index (χ3v) is 3.12. The van der Waals surface area contributed by atoms with Crippen molar-refractivity contribution in [1.82, 2.24) is 19.6 Å². The van der Waals surface area contributed by atoms with Crippen LogP contribution in [0.1, 0.15) is 23.8 Å². The summed E-state index contributed by atoms with van der Waals surface area (Å²) in [5.74, 6) is -1.32. The second kappa shape index (κ2) is 7.35. The van der Waals surface area contributed by atoms with Gasteiger partial charge >= 0.3 is 11.8 Å². The number of amides is 1. The molecule has 2 aromatic heterocycles. The van der Waals surface area contributed by atoms with Gasteiger partial charge < -0.3 is 20.2 Å². The Kier molecular flexibility index (Phi) is 5.24. The zero-order valence-corrected chi connectivity index (χ0v) is 13.1. The number of carbonyl (C=O) groups excluding carboxylic acids is 2. The average Bonchev–Trinajstić information content (AvgIpc) is 3.19. The highest BCUT2D eigenvalue weighted by Crippen LogP contribution is 2.15. The fourth-order valence-electron chi connectivity index (χ4n) is 1.92. The highest BCUT2D eigenvalue weighted by Gasteiger charge is 2.19. The number of aryl methyl sites for hydroxylation is 2. The van der Waals surface area contributed by atoms with Gasteiger partial charge in [0.1, 0.15) is 0 Å². The van der Waals surface area contributed by atoms with Crippen molar-refractivity contribution in [2.24, 2.45) is 0 Å². The molecule has 1 N–H and O–H groups in total. The van der Waals surface area contributed by atoms with Crippen LogP contribution in [0.25, 0.3) is 0 Å². The Labute approximate surface area is 136 Å². The Morgan fingerprint density at radius 1 is 1.38 bits per heavy atom. The van der Waals surface area contributed by atoms with Gasteiger partial charge in [-0.3, -0.25) is 9.48 Å². The molecule has 0 spiro atoms. The fourth-order valence-corrected chi connectivity index (χ4v) is 1.92. The molecule has 0 saturated carbocycles. The Balaban J connectivity index is 2.00. The molecule has 0 aliphatic rings. The summed E-state index contributed by atoms with van der Waals surface area (Å²) in [5.41, 5.74) is 0.266. The number of hydrogen-bond donors (Lipinski definition) is 1. The van der Waals surface area contributed by atoms with E-state index in [-0.39, 0.29) is 36.1 Å². The maximum absolute atomic E-state index is 12.0. The van der Waals surface area contributed by atoms with E-state index in [1.807, 2.05) is 6.92 Å². The third kappa shape index (κ3) is 3.94. The Bertz CT molecular complexity index is 765. The maximum Gasteiger partial charge on any atom is 0.389 e. The van der Waals surface area contributed by atoms with Gasteiger partial charge in [0.15, 0.2) is 5.69 Å². The molecule has 0 aromatic carbocycles. The fraction of sp³-hybridized carbons (Fsp3) is 0.385. The predicted octanol–water partition coefficient (Wildman–Crippen LogP) is 0.823. The number of rotatable bonds is 7. The molecular weight excluding hydrogens is 320 g/mol. The van der Waals surface area contributed by atoms with Gasteiger partial charge in [-0.1, -0.05) is 0 Å². The van der Waals surface area contributed by atoms with Crippen molar-refractivity contribution < 1.29 is 19.2 Å². The summed E-state index contributed by atoms with van der Waals surface area (Å²) in [7, 11) is 1.23. The lowest BCUT2D eigenvalue weighted by Gasteiger charge is -2.03. The molecular formula is C13H16N6O5. The third-order valence-electron chi connectivity index (χ3n) is 3.12. The molecule has 2 heterocycles. The lowest BCUT2D eigenvalue weighted by Crippen LogP contribution is -2.16. The minimum Gasteiger partial charge on any atom is -0.464 e. The Hall–Kier alpha value is -3.24. The van der Waals surface area contributed by atoms with Crippen molar-refractivity contribution in [3.8, 4) is 0 Å². The molecule has 0 fully saturated rings. The van der Waals surface area contributed by atoms with Gasteiger partial charge in [0.25, 0.3) is 0 Å². The van der Waals surface area contributed by atoms with Crippen LogP contribution in [0.5, 0.6) is 0 Å². The molecule has 0 aliphatic carbocycles. The van der Waals surface area contributed by atoms with Crippen LogP contribution in [0.15, 0.2) is 18.5 Å². The van der Waals surface area contributed by atoms with Crippen molar-refractivity contribution in [3.05, 3.63) is 34.3 Å². The normalized spacial score (nSPS) is 10.4. The number of carbonyl (C=O) groups is 2. The quantitative estimate of drug-likeness (QED) is 0.449. The molecule has 2 aromatic rings. The van der Waals surface area contributed by atoms with Crippen LogP contribution < -0.4 is 5.32 Å². The molecule has 0 radical (unpaired) electrons. The molecule has 0 unspecified atom stereocenters. The van der Waals surface area contributed by atoms with Crippen LogP contribution >= 0.6 is 0 Å². The van der Waals surface area contributed by atoms with E-state index in [9.17, 15) is 19.7 Å². The predicted molar refractivity (Wildman–Crippen MR) is 81.4 cm³/mol. The first-order valence-electron chi connectivity index (χ1n) is 7.08. The first-order chi connectivity index (χ1) is 11.4. The Morgan fingerprint density at radius 2 is 2.12 bits per heavy atom. The molecule has 0 bridgehead atoms. The van der Waals surface area contributed by atoms with E-state index in [4.69, 9.17) is 0 Å². The zero-order valence-electron chi connectivity index (χ0n) is 13.1. The second-order valence-electron chi connectivity index (χ2n) is 4.73. The number of nitro groups is 1. The standard InChI is InChI=1S/C13H16N6O5/c1-3-17-8-9(12(16-17)13(21)24-2)14-11(20)5-7-18-6-4-10(15-18)19(22)23/h4,6,8H,3,5,7H2,1-2H3,(H,14,20). The number of esters is 1. The molecule has 0 atom stereocenters. The number of nitrogens with one attached hydrogen (secondary N) is 1. The van der Waals surface area contributed by atoms with Crippen LogP contribution in [0.3, 0.4) is 0 Å². The number of ether oxygens (including phenoxy) is 1. The van der Waals surface area contributed by atoms with Gasteiger partial charge in [-0.2, -0.15) is 9.78 Å². The summed E-state index contributed by atoms with van der Waals surface area (Å²) in [4.78, 5) is 33.6. The van der Waals surface area contributed by atoms with Gasteiger partial charge in [-0.25, -0.2) is 4.79 Å². The molecule has 2 rings (SSSR count). The van der Waals surface area contributed by atoms with Crippen molar-refractivity contribution in [1.29, 1.82) is 0 Å². The maximum atomic E-state index is 12.0. The van der Waals surface area contributed by atoms with Gasteiger partial charge in [-0.05, 0) is 11.8 Å². The SMILES string of the molecule is CCn1cc(NC(=O)CCn2ccc([N+](=O)[O-])n2)c(C(=O)OC)n1. The first kappa shape index (κ1) is 17.1. The smallest absolute Gasteiger partial charge is 0.389 e. The number of anilines is 1. The van der Waals surface area contributed by atoms with E-state index < -0.39 is 10.9 Å². The van der Waals surface area contributed by atoms with Gasteiger partial charge in [0.2, 0.25) is 5.91 Å². The van der Waals surface area contributed by atoms with Crippen molar-refractivity contribution in [3.63, 3.8) is 0 Å². The largest absolute Gasteiger partial charge is 0.464 e. The van der Waals surface area contributed by atoms with Gasteiger partial charge in [-0.15, -0.1) is 0 Å². The number of methoxy groups -OCH3 is 1. The molecule has 0 aliphatic heterocycles. The van der Waals surface area contributed by atoms with Gasteiger partial charge in [0, 0.05) is 19.2 Å². The highest BCUT2D eigenvalue weighted by atomic mass is 16.6. The molecule has 0 saturated heterocycles. The highest BCUT2D eigenvalue weighted by molar-refractivity contribution is 5.99. The zero-order chi connectivity index (χ0) is 17.7. The molecule has 11 nitrogen and oxygen atoms in total. The summed E-state index contributed by atoms with van der Waals surface area (Å²) >= 11 is 0. The van der Waals surface area contributed by atoms with Crippen molar-refractivity contribution >= 4 is 23.4 Å². The Morgan fingerprint density at radius 3 is 2.71 bits per heavy atom. The van der Waals surface area contributed by atoms with Crippen LogP contribution in [0.4, 0.5) is 11.5 Å². The monoisotopic (exact) mass is 336 g/mol. The average molecular weight is 336 g/mol. The van der Waals surface area contributed by atoms with Gasteiger partial charge in [0.05, 0.1) is 36.7 Å². The summed E-state index contributed by atoms with van der Waals surface area (Å²) in [5, 5.41) is 20.9. The van der Waals surface area contributed by atoms with E-state index in [1.165, 1.54) is 34.9 Å². The van der Waals surface area contributed by atoms with E-state index in [1.54, 1.807) is 0 Å². The van der Waals surface area contributed by atoms with Crippen LogP contribution in [0, 0.1) is 10.1 Å².